The van der Waals surface area contributed by atoms with Gasteiger partial charge in [0.1, 0.15) is 5.75 Å². The molecule has 2 aromatic rings. The maximum absolute atomic E-state index is 5.27. The molecule has 0 fully saturated rings. The van der Waals surface area contributed by atoms with Gasteiger partial charge in [-0.3, -0.25) is 0 Å². The minimum Gasteiger partial charge on any atom is -0.497 e. The predicted molar refractivity (Wildman–Crippen MR) is 86.6 cm³/mol. The number of hydrogen-bond donors (Lipinski definition) is 1. The maximum Gasteiger partial charge on any atom is 0.119 e. The lowest BCUT2D eigenvalue weighted by Crippen LogP contribution is -2.24. The van der Waals surface area contributed by atoms with E-state index in [-0.39, 0.29) is 0 Å². The Hall–Kier alpha value is -1.54. The molecule has 0 saturated carbocycles. The highest BCUT2D eigenvalue weighted by molar-refractivity contribution is 5.84. The molecular formula is C18H25NO. The third kappa shape index (κ3) is 3.73. The number of benzene rings is 2. The fraction of sp³-hybridized carbons (Fsp3) is 0.444. The van der Waals surface area contributed by atoms with Gasteiger partial charge in [0.05, 0.1) is 7.11 Å². The first kappa shape index (κ1) is 14.9. The van der Waals surface area contributed by atoms with Crippen molar-refractivity contribution in [2.45, 2.75) is 26.7 Å². The molecule has 0 heterocycles. The average Bonchev–Trinajstić information content (AvgIpc) is 2.45. The number of rotatable bonds is 6. The molecule has 108 valence electrons. The Morgan fingerprint density at radius 1 is 0.950 bits per heavy atom. The summed E-state index contributed by atoms with van der Waals surface area (Å²) in [5.41, 5.74) is 1.39. The van der Waals surface area contributed by atoms with Crippen LogP contribution >= 0.6 is 0 Å². The second-order valence-corrected chi connectivity index (χ2v) is 5.93. The van der Waals surface area contributed by atoms with Crippen molar-refractivity contribution in [2.75, 3.05) is 20.2 Å². The van der Waals surface area contributed by atoms with Crippen molar-refractivity contribution in [3.8, 4) is 5.75 Å². The normalized spacial score (nSPS) is 12.8. The molecule has 20 heavy (non-hydrogen) atoms. The van der Waals surface area contributed by atoms with Gasteiger partial charge in [-0.2, -0.15) is 0 Å². The van der Waals surface area contributed by atoms with E-state index in [1.807, 2.05) is 6.07 Å². The van der Waals surface area contributed by atoms with Crippen LogP contribution < -0.4 is 10.1 Å². The van der Waals surface area contributed by atoms with Crippen LogP contribution in [0.1, 0.15) is 32.3 Å². The van der Waals surface area contributed by atoms with Gasteiger partial charge in [0, 0.05) is 6.54 Å². The first-order valence-corrected chi connectivity index (χ1v) is 7.38. The van der Waals surface area contributed by atoms with Gasteiger partial charge in [-0.25, -0.2) is 0 Å². The number of fused-ring (bicyclic) bond motifs is 1. The Labute approximate surface area is 122 Å². The zero-order chi connectivity index (χ0) is 14.5. The Balaban J connectivity index is 2.10. The van der Waals surface area contributed by atoms with Crippen molar-refractivity contribution < 1.29 is 4.74 Å². The quantitative estimate of drug-likeness (QED) is 0.850. The summed E-state index contributed by atoms with van der Waals surface area (Å²) >= 11 is 0. The molecule has 0 aliphatic rings. The van der Waals surface area contributed by atoms with Crippen LogP contribution in [-0.4, -0.2) is 20.2 Å². The van der Waals surface area contributed by atoms with Crippen LogP contribution in [0.4, 0.5) is 0 Å². The summed E-state index contributed by atoms with van der Waals surface area (Å²) in [4.78, 5) is 0. The van der Waals surface area contributed by atoms with Gasteiger partial charge in [-0.1, -0.05) is 45.0 Å². The molecule has 0 aromatic heterocycles. The SMILES string of the molecule is COc1ccc2cc(C(C)CNCC(C)C)ccc2c1. The summed E-state index contributed by atoms with van der Waals surface area (Å²) in [6.45, 7) is 8.86. The van der Waals surface area contributed by atoms with Gasteiger partial charge in [0.2, 0.25) is 0 Å². The van der Waals surface area contributed by atoms with Gasteiger partial charge in [-0.15, -0.1) is 0 Å². The van der Waals surface area contributed by atoms with E-state index < -0.39 is 0 Å². The van der Waals surface area contributed by atoms with Gasteiger partial charge < -0.3 is 10.1 Å². The smallest absolute Gasteiger partial charge is 0.119 e. The Bertz CT molecular complexity index is 562. The number of ether oxygens (including phenoxy) is 1. The van der Waals surface area contributed by atoms with E-state index in [2.05, 4.69) is 56.4 Å². The highest BCUT2D eigenvalue weighted by Gasteiger charge is 2.07. The van der Waals surface area contributed by atoms with Crippen LogP contribution in [0.25, 0.3) is 10.8 Å². The van der Waals surface area contributed by atoms with E-state index in [1.165, 1.54) is 16.3 Å². The summed E-state index contributed by atoms with van der Waals surface area (Å²) < 4.78 is 5.27. The fourth-order valence-corrected chi connectivity index (χ4v) is 2.38. The number of hydrogen-bond acceptors (Lipinski definition) is 2. The molecule has 1 N–H and O–H groups in total. The molecular weight excluding hydrogens is 246 g/mol. The minimum atomic E-state index is 0.528. The molecule has 0 radical (unpaired) electrons. The van der Waals surface area contributed by atoms with Crippen molar-refractivity contribution in [2.24, 2.45) is 5.92 Å². The summed E-state index contributed by atoms with van der Waals surface area (Å²) in [5.74, 6) is 2.14. The molecule has 1 atom stereocenters. The van der Waals surface area contributed by atoms with E-state index >= 15 is 0 Å². The minimum absolute atomic E-state index is 0.528. The first-order chi connectivity index (χ1) is 9.60. The lowest BCUT2D eigenvalue weighted by atomic mass is 9.97. The molecule has 0 aliphatic carbocycles. The van der Waals surface area contributed by atoms with E-state index in [9.17, 15) is 0 Å². The lowest BCUT2D eigenvalue weighted by molar-refractivity contribution is 0.415. The summed E-state index contributed by atoms with van der Waals surface area (Å²) in [5, 5.41) is 6.04. The van der Waals surface area contributed by atoms with Crippen molar-refractivity contribution in [1.29, 1.82) is 0 Å². The molecule has 0 spiro atoms. The highest BCUT2D eigenvalue weighted by atomic mass is 16.5. The van der Waals surface area contributed by atoms with E-state index in [1.54, 1.807) is 7.11 Å². The molecule has 2 rings (SSSR count). The monoisotopic (exact) mass is 271 g/mol. The summed E-state index contributed by atoms with van der Waals surface area (Å²) in [6, 6.07) is 12.9. The van der Waals surface area contributed by atoms with Crippen molar-refractivity contribution in [3.05, 3.63) is 42.0 Å². The third-order valence-electron chi connectivity index (χ3n) is 3.64. The molecule has 2 heteroatoms. The Kier molecular flexibility index (Phi) is 5.02. The van der Waals surface area contributed by atoms with Gasteiger partial charge in [0.15, 0.2) is 0 Å². The first-order valence-electron chi connectivity index (χ1n) is 7.38. The Morgan fingerprint density at radius 3 is 2.35 bits per heavy atom. The van der Waals surface area contributed by atoms with Crippen LogP contribution in [0.15, 0.2) is 36.4 Å². The summed E-state index contributed by atoms with van der Waals surface area (Å²) in [7, 11) is 1.71. The molecule has 0 saturated heterocycles. The highest BCUT2D eigenvalue weighted by Crippen LogP contribution is 2.24. The average molecular weight is 271 g/mol. The van der Waals surface area contributed by atoms with E-state index in [0.717, 1.165) is 18.8 Å². The van der Waals surface area contributed by atoms with Crippen molar-refractivity contribution in [1.82, 2.24) is 5.32 Å². The van der Waals surface area contributed by atoms with Crippen LogP contribution in [0.5, 0.6) is 5.75 Å². The fourth-order valence-electron chi connectivity index (χ4n) is 2.38. The van der Waals surface area contributed by atoms with Gasteiger partial charge in [-0.05, 0) is 46.8 Å². The molecule has 0 amide bonds. The second-order valence-electron chi connectivity index (χ2n) is 5.93. The van der Waals surface area contributed by atoms with Crippen molar-refractivity contribution in [3.63, 3.8) is 0 Å². The van der Waals surface area contributed by atoms with Gasteiger partial charge >= 0.3 is 0 Å². The molecule has 0 aliphatic heterocycles. The van der Waals surface area contributed by atoms with Crippen LogP contribution in [0, 0.1) is 5.92 Å². The van der Waals surface area contributed by atoms with Crippen LogP contribution in [0.2, 0.25) is 0 Å². The van der Waals surface area contributed by atoms with Crippen LogP contribution in [-0.2, 0) is 0 Å². The van der Waals surface area contributed by atoms with Crippen molar-refractivity contribution >= 4 is 10.8 Å². The lowest BCUT2D eigenvalue weighted by Gasteiger charge is -2.15. The largest absolute Gasteiger partial charge is 0.497 e. The van der Waals surface area contributed by atoms with Gasteiger partial charge in [0.25, 0.3) is 0 Å². The molecule has 2 aromatic carbocycles. The topological polar surface area (TPSA) is 21.3 Å². The van der Waals surface area contributed by atoms with E-state index in [4.69, 9.17) is 4.74 Å². The molecule has 0 bridgehead atoms. The second kappa shape index (κ2) is 6.76. The van der Waals surface area contributed by atoms with Crippen LogP contribution in [0.3, 0.4) is 0 Å². The van der Waals surface area contributed by atoms with E-state index in [0.29, 0.717) is 11.8 Å². The maximum atomic E-state index is 5.27. The molecule has 2 nitrogen and oxygen atoms in total. The molecule has 1 unspecified atom stereocenters. The standard InChI is InChI=1S/C18H25NO/c1-13(2)11-19-12-14(3)15-5-6-17-10-18(20-4)8-7-16(17)9-15/h5-10,13-14,19H,11-12H2,1-4H3. The predicted octanol–water partition coefficient (Wildman–Crippen LogP) is 4.20. The zero-order valence-electron chi connectivity index (χ0n) is 12.9. The Morgan fingerprint density at radius 2 is 1.65 bits per heavy atom. The number of methoxy groups -OCH3 is 1. The third-order valence-corrected chi connectivity index (χ3v) is 3.64. The number of nitrogens with one attached hydrogen (secondary N) is 1. The zero-order valence-corrected chi connectivity index (χ0v) is 12.9. The summed E-state index contributed by atoms with van der Waals surface area (Å²) in [6.07, 6.45) is 0.